The Kier molecular flexibility index (Phi) is 27.6. The maximum Gasteiger partial charge on any atom is -0.0771 e. The molecule has 0 fully saturated rings. The molecule has 0 saturated carbocycles. The Balaban J connectivity index is 0.000000285. The van der Waals surface area contributed by atoms with Gasteiger partial charge in [-0.25, -0.2) is 12.1 Å². The van der Waals surface area contributed by atoms with Gasteiger partial charge in [0.1, 0.15) is 0 Å². The van der Waals surface area contributed by atoms with Crippen molar-refractivity contribution in [3.63, 3.8) is 0 Å². The van der Waals surface area contributed by atoms with Crippen molar-refractivity contribution in [1.29, 1.82) is 0 Å². The third-order valence-electron chi connectivity index (χ3n) is 11.1. The van der Waals surface area contributed by atoms with Gasteiger partial charge in [-0.3, -0.25) is 18.8 Å². The predicted molar refractivity (Wildman–Crippen MR) is 289 cm³/mol. The van der Waals surface area contributed by atoms with E-state index in [9.17, 15) is 0 Å². The molecule has 6 heteroatoms. The quantitative estimate of drug-likeness (QED) is 0.115. The monoisotopic (exact) mass is 1070 g/mol. The second kappa shape index (κ2) is 32.1. The fourth-order valence-electron chi connectivity index (χ4n) is 7.46. The number of halogens is 4. The second-order valence-electron chi connectivity index (χ2n) is 16.4. The number of rotatable bonds is 6. The van der Waals surface area contributed by atoms with Crippen molar-refractivity contribution < 1.29 is 67.3 Å². The Morgan fingerprint density at radius 3 is 0.957 bits per heavy atom. The molecule has 69 heavy (non-hydrogen) atoms. The van der Waals surface area contributed by atoms with Crippen LogP contribution in [0.3, 0.4) is 0 Å². The van der Waals surface area contributed by atoms with Gasteiger partial charge in [0.05, 0.1) is 0 Å². The van der Waals surface area contributed by atoms with E-state index in [-0.39, 0.29) is 18.8 Å². The van der Waals surface area contributed by atoms with Crippen LogP contribution in [0.5, 0.6) is 0 Å². The van der Waals surface area contributed by atoms with Gasteiger partial charge >= 0.3 is 169 Å². The number of hydrogen-bond donors (Lipinski definition) is 0. The van der Waals surface area contributed by atoms with Gasteiger partial charge in [-0.15, -0.1) is 79.5 Å². The smallest absolute Gasteiger partial charge is 0.0771 e. The first kappa shape index (κ1) is 59.3. The van der Waals surface area contributed by atoms with Crippen molar-refractivity contribution in [2.45, 2.75) is 46.0 Å². The molecule has 0 aliphatic rings. The molecular weight excluding hydrogens is 1020 g/mol. The molecule has 0 radical (unpaired) electrons. The normalized spacial score (nSPS) is 9.77. The second-order valence-corrected chi connectivity index (χ2v) is 18.6. The summed E-state index contributed by atoms with van der Waals surface area (Å²) in [7, 11) is 0. The summed E-state index contributed by atoms with van der Waals surface area (Å²) < 4.78 is 3.67. The van der Waals surface area contributed by atoms with Gasteiger partial charge in [-0.2, -0.15) is 47.5 Å². The summed E-state index contributed by atoms with van der Waals surface area (Å²) in [5.41, 5.74) is 6.94. The molecule has 0 saturated heterocycles. The van der Waals surface area contributed by atoms with Crippen LogP contribution in [-0.4, -0.2) is 6.91 Å². The topological polar surface area (TPSA) is 0 Å². The molecule has 0 heterocycles. The van der Waals surface area contributed by atoms with Crippen LogP contribution in [0.2, 0.25) is 0 Å². The Morgan fingerprint density at radius 1 is 0.406 bits per heavy atom. The van der Waals surface area contributed by atoms with Crippen LogP contribution in [-0.2, 0) is 54.9 Å². The largest absolute Gasteiger partial charge is 0.126 e. The van der Waals surface area contributed by atoms with Crippen LogP contribution in [0.25, 0.3) is 43.1 Å². The van der Waals surface area contributed by atoms with Crippen molar-refractivity contribution in [3.8, 4) is 0 Å². The SMILES string of the molecule is CC(C)c1cc[cH-]c1.CC(C)c1cc[cH-]c1.F.F.F.F.[Zr+2]=[CH]Cc1ccccc1.[Zr+2]=[C](c1ccccc1)c1ccccc1.c1ccc2c(c1)[cH-]c1ccccc12.c1ccc2c(c1)[cH-]c1ccccc12. The first-order valence-electron chi connectivity index (χ1n) is 22.5. The van der Waals surface area contributed by atoms with Gasteiger partial charge in [0.15, 0.2) is 0 Å². The molecule has 0 atom stereocenters. The molecule has 0 bridgehead atoms. The van der Waals surface area contributed by atoms with Crippen LogP contribution in [0, 0.1) is 0 Å². The standard InChI is InChI=1S/2C13H9.C13H10.2C8H11.C8H8.4FH.2Zr/c2*1-3-7-12-10(5-1)9-11-6-2-4-8-13(11)12;1-3-7-12(8-4-1)11-13-9-5-2-6-10-13;2*1-7(2)8-5-3-4-6-8;1-2-8-6-4-3-5-7-8;;;;;;/h2*1-9H;1-10H;2*3-7H,1-2H3;1,3-7H,2H2;4*1H;;/q2*-1;;2*-1;;;;;;2*+2. The van der Waals surface area contributed by atoms with Crippen molar-refractivity contribution in [3.05, 3.63) is 277 Å². The fourth-order valence-corrected chi connectivity index (χ4v) is 8.86. The summed E-state index contributed by atoms with van der Waals surface area (Å²) in [5.74, 6) is 1.37. The number of benzene rings is 7. The van der Waals surface area contributed by atoms with Crippen molar-refractivity contribution in [1.82, 2.24) is 0 Å². The molecule has 0 amide bonds. The van der Waals surface area contributed by atoms with Gasteiger partial charge in [0.25, 0.3) is 0 Å². The van der Waals surface area contributed by atoms with E-state index < -0.39 is 0 Å². The molecule has 11 rings (SSSR count). The van der Waals surface area contributed by atoms with Crippen LogP contribution >= 0.6 is 0 Å². The molecular formula is C63H62F4Zr2. The maximum atomic E-state index is 2.25. The van der Waals surface area contributed by atoms with Gasteiger partial charge in [0, 0.05) is 0 Å². The van der Waals surface area contributed by atoms with E-state index in [1.807, 2.05) is 6.07 Å². The van der Waals surface area contributed by atoms with E-state index in [0.717, 1.165) is 6.42 Å². The summed E-state index contributed by atoms with van der Waals surface area (Å²) in [6.07, 6.45) is 1.12. The van der Waals surface area contributed by atoms with Gasteiger partial charge in [-0.05, 0) is 0 Å². The molecule has 11 aromatic rings. The zero-order valence-electron chi connectivity index (χ0n) is 39.7. The van der Waals surface area contributed by atoms with Crippen LogP contribution < -0.4 is 0 Å². The van der Waals surface area contributed by atoms with E-state index in [1.54, 1.807) is 0 Å². The summed E-state index contributed by atoms with van der Waals surface area (Å²) >= 11 is 2.97. The Morgan fingerprint density at radius 2 is 0.696 bits per heavy atom. The first-order chi connectivity index (χ1) is 31.8. The molecule has 0 N–H and O–H groups in total. The van der Waals surface area contributed by atoms with Crippen LogP contribution in [0.15, 0.2) is 249 Å². The van der Waals surface area contributed by atoms with E-state index >= 15 is 0 Å². The third-order valence-corrected chi connectivity index (χ3v) is 13.0. The number of hydrogen-bond acceptors (Lipinski definition) is 0. The molecule has 0 aromatic heterocycles. The van der Waals surface area contributed by atoms with Gasteiger partial charge in [-0.1, -0.05) is 112 Å². The van der Waals surface area contributed by atoms with Crippen molar-refractivity contribution in [2.24, 2.45) is 0 Å². The summed E-state index contributed by atoms with van der Waals surface area (Å²) in [4.78, 5) is 0. The number of fused-ring (bicyclic) bond motifs is 6. The van der Waals surface area contributed by atoms with E-state index in [2.05, 4.69) is 274 Å². The van der Waals surface area contributed by atoms with Crippen LogP contribution in [0.1, 0.15) is 67.3 Å². The molecule has 0 aliphatic heterocycles. The minimum absolute atomic E-state index is 0. The van der Waals surface area contributed by atoms with Crippen molar-refractivity contribution >= 4 is 50.0 Å². The minimum Gasteiger partial charge on any atom is -0.126 e. The van der Waals surface area contributed by atoms with Crippen molar-refractivity contribution in [2.75, 3.05) is 0 Å². The minimum atomic E-state index is 0. The van der Waals surface area contributed by atoms with Gasteiger partial charge < -0.3 is 0 Å². The Labute approximate surface area is 436 Å². The summed E-state index contributed by atoms with van der Waals surface area (Å²) in [6.45, 7) is 8.81. The zero-order valence-corrected chi connectivity index (χ0v) is 44.7. The third kappa shape index (κ3) is 18.2. The summed E-state index contributed by atoms with van der Waals surface area (Å²) in [5, 5.41) is 10.8. The van der Waals surface area contributed by atoms with E-state index in [4.69, 9.17) is 0 Å². The Hall–Kier alpha value is -5.79. The summed E-state index contributed by atoms with van der Waals surface area (Å²) in [6, 6.07) is 87.1. The predicted octanol–water partition coefficient (Wildman–Crippen LogP) is 17.5. The molecule has 0 nitrogen and oxygen atoms in total. The maximum absolute atomic E-state index is 2.25. The zero-order chi connectivity index (χ0) is 45.6. The molecule has 350 valence electrons. The van der Waals surface area contributed by atoms with Crippen LogP contribution in [0.4, 0.5) is 18.8 Å². The average Bonchev–Trinajstić information content (AvgIpc) is 4.21. The molecule has 0 aliphatic carbocycles. The Bertz CT molecular complexity index is 2750. The molecule has 0 unspecified atom stereocenters. The first-order valence-corrected chi connectivity index (χ1v) is 25.2. The van der Waals surface area contributed by atoms with E-state index in [0.29, 0.717) is 11.8 Å². The van der Waals surface area contributed by atoms with E-state index in [1.165, 1.54) is 123 Å². The fraction of sp³-hybridized carbons (Fsp3) is 0.111. The average molecular weight is 1080 g/mol. The molecule has 0 spiro atoms. The van der Waals surface area contributed by atoms with Gasteiger partial charge in [0.2, 0.25) is 0 Å². The molecule has 11 aromatic carbocycles.